The SMILES string of the molecule is CCC(C)(O[Si](C)(C)C)[Si](C)(C)O[C@@](C)(CC)[Si](C)(C)C. The highest BCUT2D eigenvalue weighted by atomic mass is 28.4. The fraction of sp³-hybridized carbons (Fsp3) is 1.00. The van der Waals surface area contributed by atoms with E-state index in [0.29, 0.717) is 0 Å². The van der Waals surface area contributed by atoms with E-state index >= 15 is 0 Å². The molecule has 2 atom stereocenters. The van der Waals surface area contributed by atoms with Crippen LogP contribution < -0.4 is 0 Å². The normalized spacial score (nSPS) is 20.0. The zero-order valence-electron chi connectivity index (χ0n) is 16.7. The lowest BCUT2D eigenvalue weighted by molar-refractivity contribution is 0.0767. The molecule has 0 heterocycles. The molecule has 0 spiro atoms. The van der Waals surface area contributed by atoms with Crippen molar-refractivity contribution >= 4 is 24.7 Å². The fourth-order valence-corrected chi connectivity index (χ4v) is 11.5. The van der Waals surface area contributed by atoms with Crippen molar-refractivity contribution in [2.45, 2.75) is 103 Å². The second kappa shape index (κ2) is 6.59. The van der Waals surface area contributed by atoms with E-state index in [9.17, 15) is 0 Å². The highest BCUT2D eigenvalue weighted by Crippen LogP contribution is 2.39. The van der Waals surface area contributed by atoms with E-state index in [1.807, 2.05) is 0 Å². The molecule has 0 rings (SSSR count). The third kappa shape index (κ3) is 5.30. The Hall–Kier alpha value is 0.571. The summed E-state index contributed by atoms with van der Waals surface area (Å²) in [6.45, 7) is 27.9. The summed E-state index contributed by atoms with van der Waals surface area (Å²) in [6, 6.07) is 0. The number of hydrogen-bond donors (Lipinski definition) is 0. The standard InChI is InChI=1S/C16H40O2Si3/c1-13-15(3,19(5,6)7)18-21(11,12)16(4,14-2)17-20(8,9)10/h13-14H2,1-12H3/t15-,16?/m1/s1. The molecule has 5 heteroatoms. The molecule has 0 aromatic rings. The first-order valence-electron chi connectivity index (χ1n) is 8.44. The second-order valence-corrected chi connectivity index (χ2v) is 23.5. The first-order chi connectivity index (χ1) is 9.04. The summed E-state index contributed by atoms with van der Waals surface area (Å²) in [4.78, 5) is 0. The molecule has 0 amide bonds. The van der Waals surface area contributed by atoms with Gasteiger partial charge in [0.1, 0.15) is 0 Å². The van der Waals surface area contributed by atoms with Crippen molar-refractivity contribution in [2.75, 3.05) is 0 Å². The van der Waals surface area contributed by atoms with Crippen molar-refractivity contribution in [3.8, 4) is 0 Å². The first kappa shape index (κ1) is 21.6. The molecule has 0 aromatic heterocycles. The zero-order chi connectivity index (χ0) is 17.3. The van der Waals surface area contributed by atoms with Crippen LogP contribution in [0.3, 0.4) is 0 Å². The molecule has 0 radical (unpaired) electrons. The third-order valence-corrected chi connectivity index (χ3v) is 14.3. The summed E-state index contributed by atoms with van der Waals surface area (Å²) in [5.41, 5.74) is 0. The van der Waals surface area contributed by atoms with Gasteiger partial charge in [-0.1, -0.05) is 33.5 Å². The van der Waals surface area contributed by atoms with E-state index in [4.69, 9.17) is 8.85 Å². The molecule has 0 aromatic carbocycles. The molecule has 21 heavy (non-hydrogen) atoms. The van der Waals surface area contributed by atoms with E-state index in [-0.39, 0.29) is 10.4 Å². The predicted molar refractivity (Wildman–Crippen MR) is 104 cm³/mol. The topological polar surface area (TPSA) is 18.5 Å². The summed E-state index contributed by atoms with van der Waals surface area (Å²) in [6.07, 6.45) is 2.12. The molecule has 0 aliphatic heterocycles. The maximum atomic E-state index is 6.94. The monoisotopic (exact) mass is 348 g/mol. The van der Waals surface area contributed by atoms with Gasteiger partial charge in [-0.15, -0.1) is 0 Å². The van der Waals surface area contributed by atoms with Crippen LogP contribution in [0, 0.1) is 0 Å². The largest absolute Gasteiger partial charge is 0.412 e. The number of rotatable bonds is 8. The van der Waals surface area contributed by atoms with Gasteiger partial charge in [-0.25, -0.2) is 0 Å². The molecular weight excluding hydrogens is 308 g/mol. The van der Waals surface area contributed by atoms with E-state index in [0.717, 1.165) is 12.8 Å². The molecule has 0 bridgehead atoms. The van der Waals surface area contributed by atoms with Crippen LogP contribution in [-0.2, 0) is 8.85 Å². The van der Waals surface area contributed by atoms with E-state index in [1.165, 1.54) is 0 Å². The molecule has 0 fully saturated rings. The van der Waals surface area contributed by atoms with Crippen molar-refractivity contribution in [1.82, 2.24) is 0 Å². The van der Waals surface area contributed by atoms with Crippen LogP contribution in [0.2, 0.25) is 52.4 Å². The maximum absolute atomic E-state index is 6.94. The lowest BCUT2D eigenvalue weighted by Gasteiger charge is -2.52. The van der Waals surface area contributed by atoms with Crippen molar-refractivity contribution in [3.63, 3.8) is 0 Å². The quantitative estimate of drug-likeness (QED) is 0.515. The predicted octanol–water partition coefficient (Wildman–Crippen LogP) is 5.81. The molecule has 1 unspecified atom stereocenters. The first-order valence-corrected chi connectivity index (χ1v) is 18.3. The van der Waals surface area contributed by atoms with Gasteiger partial charge in [-0.05, 0) is 59.4 Å². The summed E-state index contributed by atoms with van der Waals surface area (Å²) in [5, 5.41) is -0.0739. The van der Waals surface area contributed by atoms with Crippen molar-refractivity contribution in [2.24, 2.45) is 0 Å². The van der Waals surface area contributed by atoms with E-state index < -0.39 is 24.7 Å². The van der Waals surface area contributed by atoms with Crippen LogP contribution in [0.15, 0.2) is 0 Å². The van der Waals surface area contributed by atoms with Gasteiger partial charge in [0, 0.05) is 5.22 Å². The highest BCUT2D eigenvalue weighted by molar-refractivity contribution is 6.82. The molecular formula is C16H40O2Si3. The molecule has 0 saturated carbocycles. The second-order valence-electron chi connectivity index (χ2n) is 9.25. The fourth-order valence-electron chi connectivity index (χ4n) is 2.72. The smallest absolute Gasteiger partial charge is 0.216 e. The zero-order valence-corrected chi connectivity index (χ0v) is 19.7. The van der Waals surface area contributed by atoms with Crippen LogP contribution in [0.25, 0.3) is 0 Å². The minimum Gasteiger partial charge on any atom is -0.412 e. The molecule has 128 valence electrons. The molecule has 0 saturated heterocycles. The Morgan fingerprint density at radius 3 is 1.29 bits per heavy atom. The highest BCUT2D eigenvalue weighted by Gasteiger charge is 2.52. The Morgan fingerprint density at radius 2 is 1.05 bits per heavy atom. The minimum absolute atomic E-state index is 0.0297. The van der Waals surface area contributed by atoms with Crippen LogP contribution in [0.5, 0.6) is 0 Å². The Balaban J connectivity index is 5.53. The lowest BCUT2D eigenvalue weighted by atomic mass is 10.3. The summed E-state index contributed by atoms with van der Waals surface area (Å²) in [7, 11) is -4.98. The van der Waals surface area contributed by atoms with Crippen molar-refractivity contribution < 1.29 is 8.85 Å². The van der Waals surface area contributed by atoms with Crippen LogP contribution in [-0.4, -0.2) is 35.2 Å². The van der Waals surface area contributed by atoms with E-state index in [1.54, 1.807) is 0 Å². The molecule has 0 N–H and O–H groups in total. The van der Waals surface area contributed by atoms with Gasteiger partial charge < -0.3 is 8.85 Å². The van der Waals surface area contributed by atoms with E-state index in [2.05, 4.69) is 80.1 Å². The Kier molecular flexibility index (Phi) is 6.77. The number of hydrogen-bond acceptors (Lipinski definition) is 2. The van der Waals surface area contributed by atoms with Gasteiger partial charge >= 0.3 is 0 Å². The Bertz CT molecular complexity index is 344. The van der Waals surface area contributed by atoms with Crippen molar-refractivity contribution in [1.29, 1.82) is 0 Å². The lowest BCUT2D eigenvalue weighted by Crippen LogP contribution is -2.66. The Labute approximate surface area is 137 Å². The van der Waals surface area contributed by atoms with Crippen LogP contribution in [0.1, 0.15) is 40.5 Å². The van der Waals surface area contributed by atoms with Crippen LogP contribution >= 0.6 is 0 Å². The summed E-state index contributed by atoms with van der Waals surface area (Å²) < 4.78 is 13.6. The molecule has 0 aliphatic carbocycles. The van der Waals surface area contributed by atoms with Crippen LogP contribution in [0.4, 0.5) is 0 Å². The summed E-state index contributed by atoms with van der Waals surface area (Å²) >= 11 is 0. The molecule has 0 aliphatic rings. The molecule has 2 nitrogen and oxygen atoms in total. The average Bonchev–Trinajstić information content (AvgIpc) is 2.24. The van der Waals surface area contributed by atoms with Gasteiger partial charge in [0.25, 0.3) is 0 Å². The Morgan fingerprint density at radius 1 is 0.667 bits per heavy atom. The van der Waals surface area contributed by atoms with Gasteiger partial charge in [-0.3, -0.25) is 0 Å². The van der Waals surface area contributed by atoms with Gasteiger partial charge in [0.2, 0.25) is 8.32 Å². The third-order valence-electron chi connectivity index (χ3n) is 5.22. The average molecular weight is 349 g/mol. The summed E-state index contributed by atoms with van der Waals surface area (Å²) in [5.74, 6) is 0. The van der Waals surface area contributed by atoms with Gasteiger partial charge in [-0.2, -0.15) is 0 Å². The van der Waals surface area contributed by atoms with Crippen molar-refractivity contribution in [3.05, 3.63) is 0 Å². The van der Waals surface area contributed by atoms with Gasteiger partial charge in [0.15, 0.2) is 8.32 Å². The minimum atomic E-state index is -1.99. The maximum Gasteiger partial charge on any atom is 0.216 e. The van der Waals surface area contributed by atoms with Gasteiger partial charge in [0.05, 0.1) is 13.3 Å².